The van der Waals surface area contributed by atoms with E-state index in [0.717, 1.165) is 19.1 Å². The van der Waals surface area contributed by atoms with Gasteiger partial charge in [-0.15, -0.1) is 0 Å². The first-order valence-corrected chi connectivity index (χ1v) is 12.7. The maximum Gasteiger partial charge on any atom is 0.320 e. The van der Waals surface area contributed by atoms with E-state index in [1.807, 2.05) is 35.5 Å². The minimum absolute atomic E-state index is 0.0350. The first kappa shape index (κ1) is 31.9. The third-order valence-electron chi connectivity index (χ3n) is 5.66. The fraction of sp³-hybridized carbons (Fsp3) is 0.840. The number of hydrogen-bond donors (Lipinski definition) is 1. The lowest BCUT2D eigenvalue weighted by atomic mass is 10.0. The van der Waals surface area contributed by atoms with Gasteiger partial charge in [0.1, 0.15) is 17.5 Å². The molecule has 0 radical (unpaired) electrons. The number of carboxylic acids is 1. The SMILES string of the molecule is CCCC(C)(C)OC(=O)CN1CCN(CC(=O)O)CCN(CC=O)CN(CC(=O)OC(C)(C)C)CC1. The van der Waals surface area contributed by atoms with E-state index >= 15 is 0 Å². The third-order valence-corrected chi connectivity index (χ3v) is 5.66. The van der Waals surface area contributed by atoms with Gasteiger partial charge in [-0.25, -0.2) is 0 Å². The minimum Gasteiger partial charge on any atom is -0.480 e. The number of carbonyl (C=O) groups is 4. The highest BCUT2D eigenvalue weighted by Crippen LogP contribution is 2.17. The quantitative estimate of drug-likeness (QED) is 0.313. The molecule has 0 aromatic heterocycles. The first-order chi connectivity index (χ1) is 16.7. The lowest BCUT2D eigenvalue weighted by Gasteiger charge is -2.31. The summed E-state index contributed by atoms with van der Waals surface area (Å²) < 4.78 is 11.2. The van der Waals surface area contributed by atoms with Crippen molar-refractivity contribution in [1.82, 2.24) is 19.6 Å². The summed E-state index contributed by atoms with van der Waals surface area (Å²) in [6.07, 6.45) is 2.44. The van der Waals surface area contributed by atoms with Crippen molar-refractivity contribution in [3.8, 4) is 0 Å². The van der Waals surface area contributed by atoms with Gasteiger partial charge in [-0.05, 0) is 41.0 Å². The van der Waals surface area contributed by atoms with E-state index in [1.165, 1.54) is 0 Å². The zero-order valence-corrected chi connectivity index (χ0v) is 23.0. The normalized spacial score (nSPS) is 18.3. The molecule has 1 rings (SSSR count). The minimum atomic E-state index is -0.939. The topological polar surface area (TPSA) is 120 Å². The Balaban J connectivity index is 3.04. The van der Waals surface area contributed by atoms with Crippen LogP contribution in [0.1, 0.15) is 54.4 Å². The van der Waals surface area contributed by atoms with Crippen molar-refractivity contribution in [2.75, 3.05) is 72.1 Å². The van der Waals surface area contributed by atoms with E-state index in [-0.39, 0.29) is 38.1 Å². The monoisotopic (exact) mass is 514 g/mol. The zero-order valence-electron chi connectivity index (χ0n) is 23.0. The van der Waals surface area contributed by atoms with Gasteiger partial charge in [0.15, 0.2) is 0 Å². The summed E-state index contributed by atoms with van der Waals surface area (Å²) >= 11 is 0. The molecule has 1 aliphatic rings. The lowest BCUT2D eigenvalue weighted by Crippen LogP contribution is -2.47. The van der Waals surface area contributed by atoms with Gasteiger partial charge in [0, 0.05) is 39.3 Å². The van der Waals surface area contributed by atoms with Crippen molar-refractivity contribution in [2.24, 2.45) is 0 Å². The Hall–Kier alpha value is -2.08. The van der Waals surface area contributed by atoms with Crippen LogP contribution in [0.2, 0.25) is 0 Å². The number of rotatable bonds is 11. The molecule has 1 N–H and O–H groups in total. The van der Waals surface area contributed by atoms with Crippen LogP contribution in [0, 0.1) is 0 Å². The molecule has 1 saturated heterocycles. The predicted octanol–water partition coefficient (Wildman–Crippen LogP) is 0.913. The summed E-state index contributed by atoms with van der Waals surface area (Å²) in [7, 11) is 0. The van der Waals surface area contributed by atoms with E-state index in [2.05, 4.69) is 0 Å². The number of carboxylic acid groups (broad SMARTS) is 1. The first-order valence-electron chi connectivity index (χ1n) is 12.7. The molecule has 0 spiro atoms. The molecule has 0 aromatic rings. The molecule has 11 heteroatoms. The fourth-order valence-electron chi connectivity index (χ4n) is 4.12. The Morgan fingerprint density at radius 2 is 1.25 bits per heavy atom. The van der Waals surface area contributed by atoms with Crippen LogP contribution in [0.15, 0.2) is 0 Å². The van der Waals surface area contributed by atoms with Crippen molar-refractivity contribution < 1.29 is 33.8 Å². The Labute approximate surface area is 215 Å². The number of carbonyl (C=O) groups excluding carboxylic acids is 3. The van der Waals surface area contributed by atoms with Crippen molar-refractivity contribution >= 4 is 24.2 Å². The molecular formula is C25H46N4O7. The molecule has 11 nitrogen and oxygen atoms in total. The Morgan fingerprint density at radius 3 is 1.75 bits per heavy atom. The Morgan fingerprint density at radius 1 is 0.778 bits per heavy atom. The van der Waals surface area contributed by atoms with Crippen molar-refractivity contribution in [3.63, 3.8) is 0 Å². The van der Waals surface area contributed by atoms with Gasteiger partial charge in [-0.3, -0.25) is 34.0 Å². The average Bonchev–Trinajstić information content (AvgIpc) is 2.73. The molecule has 0 atom stereocenters. The second-order valence-corrected chi connectivity index (χ2v) is 11.0. The molecule has 0 saturated carbocycles. The van der Waals surface area contributed by atoms with Gasteiger partial charge in [0.25, 0.3) is 0 Å². The van der Waals surface area contributed by atoms with E-state index in [1.54, 1.807) is 25.7 Å². The number of ether oxygens (including phenoxy) is 2. The molecular weight excluding hydrogens is 468 g/mol. The van der Waals surface area contributed by atoms with Gasteiger partial charge in [-0.2, -0.15) is 0 Å². The van der Waals surface area contributed by atoms with Gasteiger partial charge >= 0.3 is 17.9 Å². The van der Waals surface area contributed by atoms with Crippen molar-refractivity contribution in [3.05, 3.63) is 0 Å². The van der Waals surface area contributed by atoms with Crippen molar-refractivity contribution in [2.45, 2.75) is 65.6 Å². The maximum atomic E-state index is 12.7. The molecule has 0 aliphatic carbocycles. The van der Waals surface area contributed by atoms with Crippen LogP contribution in [-0.4, -0.2) is 132 Å². The van der Waals surface area contributed by atoms with E-state index in [4.69, 9.17) is 9.47 Å². The molecule has 208 valence electrons. The summed E-state index contributed by atoms with van der Waals surface area (Å²) in [6, 6.07) is 0. The summed E-state index contributed by atoms with van der Waals surface area (Å²) in [6.45, 7) is 14.4. The third kappa shape index (κ3) is 14.5. The highest BCUT2D eigenvalue weighted by atomic mass is 16.6. The molecule has 0 unspecified atom stereocenters. The Bertz CT molecular complexity index is 724. The second kappa shape index (κ2) is 15.2. The number of aldehydes is 1. The summed E-state index contributed by atoms with van der Waals surface area (Å²) in [5, 5.41) is 9.34. The van der Waals surface area contributed by atoms with Crippen LogP contribution in [0.4, 0.5) is 0 Å². The molecule has 0 amide bonds. The smallest absolute Gasteiger partial charge is 0.320 e. The van der Waals surface area contributed by atoms with Crippen LogP contribution in [0.3, 0.4) is 0 Å². The van der Waals surface area contributed by atoms with Crippen LogP contribution < -0.4 is 0 Å². The average molecular weight is 515 g/mol. The van der Waals surface area contributed by atoms with Gasteiger partial charge in [0.2, 0.25) is 0 Å². The van der Waals surface area contributed by atoms with E-state index < -0.39 is 17.2 Å². The molecule has 0 bridgehead atoms. The van der Waals surface area contributed by atoms with Crippen molar-refractivity contribution in [1.29, 1.82) is 0 Å². The largest absolute Gasteiger partial charge is 0.480 e. The zero-order chi connectivity index (χ0) is 27.4. The fourth-order valence-corrected chi connectivity index (χ4v) is 4.12. The number of nitrogens with zero attached hydrogens (tertiary/aromatic N) is 4. The van der Waals surface area contributed by atoms with E-state index in [0.29, 0.717) is 45.9 Å². The second-order valence-electron chi connectivity index (χ2n) is 11.0. The number of aliphatic carboxylic acids is 1. The van der Waals surface area contributed by atoms with Gasteiger partial charge in [0.05, 0.1) is 32.8 Å². The lowest BCUT2D eigenvalue weighted by molar-refractivity contribution is -0.159. The highest BCUT2D eigenvalue weighted by Gasteiger charge is 2.26. The van der Waals surface area contributed by atoms with Crippen LogP contribution in [0.5, 0.6) is 0 Å². The number of esters is 2. The molecule has 0 aromatic carbocycles. The van der Waals surface area contributed by atoms with Crippen LogP contribution >= 0.6 is 0 Å². The molecule has 1 aliphatic heterocycles. The summed E-state index contributed by atoms with van der Waals surface area (Å²) in [5.74, 6) is -1.65. The summed E-state index contributed by atoms with van der Waals surface area (Å²) in [5.41, 5.74) is -1.18. The van der Waals surface area contributed by atoms with Crippen LogP contribution in [0.25, 0.3) is 0 Å². The Kier molecular flexibility index (Phi) is 13.5. The standard InChI is InChI=1S/C25H46N4O7/c1-7-8-25(5,6)36-23(34)18-27-10-9-26(17-21(31)32)11-13-28(15-16-30)20-29(14-12-27)19-22(33)35-24(2,3)4/h16H,7-15,17-20H2,1-6H3,(H,31,32). The van der Waals surface area contributed by atoms with Crippen LogP contribution in [-0.2, 0) is 28.7 Å². The highest BCUT2D eigenvalue weighted by molar-refractivity contribution is 5.72. The summed E-state index contributed by atoms with van der Waals surface area (Å²) in [4.78, 5) is 55.5. The van der Waals surface area contributed by atoms with Gasteiger partial charge < -0.3 is 19.4 Å². The molecule has 1 fully saturated rings. The maximum absolute atomic E-state index is 12.7. The number of hydrogen-bond acceptors (Lipinski definition) is 10. The molecule has 1 heterocycles. The predicted molar refractivity (Wildman–Crippen MR) is 136 cm³/mol. The van der Waals surface area contributed by atoms with Gasteiger partial charge in [-0.1, -0.05) is 13.3 Å². The molecule has 36 heavy (non-hydrogen) atoms. The van der Waals surface area contributed by atoms with E-state index in [9.17, 15) is 24.3 Å².